The van der Waals surface area contributed by atoms with Gasteiger partial charge in [-0.1, -0.05) is 66.2 Å². The second-order valence-electron chi connectivity index (χ2n) is 7.95. The minimum atomic E-state index is 0.909. The van der Waals surface area contributed by atoms with Crippen molar-refractivity contribution in [3.8, 4) is 0 Å². The van der Waals surface area contributed by atoms with E-state index >= 15 is 0 Å². The first-order chi connectivity index (χ1) is 15.3. The number of hydrogen-bond donors (Lipinski definition) is 0. The zero-order valence-electron chi connectivity index (χ0n) is 17.2. The maximum atomic E-state index is 6.20. The second kappa shape index (κ2) is 7.03. The lowest BCUT2D eigenvalue weighted by Crippen LogP contribution is -2.09. The summed E-state index contributed by atoms with van der Waals surface area (Å²) in [6.07, 6.45) is 0. The van der Waals surface area contributed by atoms with Gasteiger partial charge in [0.05, 0.1) is 0 Å². The molecule has 0 aliphatic carbocycles. The van der Waals surface area contributed by atoms with Crippen LogP contribution in [0.4, 0.5) is 17.1 Å². The Kier molecular flexibility index (Phi) is 4.03. The Morgan fingerprint density at radius 1 is 0.548 bits per heavy atom. The zero-order valence-corrected chi connectivity index (χ0v) is 17.2. The molecule has 0 bridgehead atoms. The molecular formula is C29H21NO. The Bertz CT molecular complexity index is 1530. The molecule has 0 aliphatic heterocycles. The number of fused-ring (bicyclic) bond motifs is 5. The molecule has 6 aromatic rings. The van der Waals surface area contributed by atoms with E-state index in [0.29, 0.717) is 0 Å². The van der Waals surface area contributed by atoms with E-state index in [1.165, 1.54) is 21.7 Å². The van der Waals surface area contributed by atoms with E-state index in [2.05, 4.69) is 121 Å². The number of rotatable bonds is 3. The van der Waals surface area contributed by atoms with Crippen LogP contribution in [-0.2, 0) is 0 Å². The molecule has 0 spiro atoms. The third-order valence-corrected chi connectivity index (χ3v) is 5.91. The summed E-state index contributed by atoms with van der Waals surface area (Å²) < 4.78 is 6.20. The highest BCUT2D eigenvalue weighted by Crippen LogP contribution is 2.40. The molecule has 0 saturated carbocycles. The average molecular weight is 399 g/mol. The van der Waals surface area contributed by atoms with Crippen LogP contribution in [0.5, 0.6) is 0 Å². The fraction of sp³-hybridized carbons (Fsp3) is 0.0345. The molecule has 2 nitrogen and oxygen atoms in total. The van der Waals surface area contributed by atoms with Gasteiger partial charge < -0.3 is 9.32 Å². The fourth-order valence-electron chi connectivity index (χ4n) is 4.39. The third kappa shape index (κ3) is 2.96. The number of para-hydroxylation sites is 1. The molecule has 31 heavy (non-hydrogen) atoms. The topological polar surface area (TPSA) is 16.4 Å². The van der Waals surface area contributed by atoms with E-state index in [4.69, 9.17) is 4.42 Å². The number of benzene rings is 5. The minimum Gasteiger partial charge on any atom is -0.456 e. The second-order valence-corrected chi connectivity index (χ2v) is 7.95. The van der Waals surface area contributed by atoms with Gasteiger partial charge in [0.15, 0.2) is 0 Å². The monoisotopic (exact) mass is 399 g/mol. The molecule has 1 aromatic heterocycles. The number of nitrogens with zero attached hydrogens (tertiary/aromatic N) is 1. The quantitative estimate of drug-likeness (QED) is 0.296. The lowest BCUT2D eigenvalue weighted by molar-refractivity contribution is 0.669. The van der Waals surface area contributed by atoms with Crippen LogP contribution in [0.15, 0.2) is 114 Å². The number of anilines is 3. The molecule has 2 heteroatoms. The molecule has 1 heterocycles. The molecule has 0 aliphatic rings. The number of hydrogen-bond acceptors (Lipinski definition) is 2. The Morgan fingerprint density at radius 2 is 1.23 bits per heavy atom. The van der Waals surface area contributed by atoms with Gasteiger partial charge in [0, 0.05) is 27.8 Å². The maximum Gasteiger partial charge on any atom is 0.136 e. The molecule has 0 N–H and O–H groups in total. The molecule has 0 unspecified atom stereocenters. The van der Waals surface area contributed by atoms with Crippen molar-refractivity contribution in [2.75, 3.05) is 4.90 Å². The average Bonchev–Trinajstić information content (AvgIpc) is 3.20. The van der Waals surface area contributed by atoms with Crippen molar-refractivity contribution in [2.45, 2.75) is 6.92 Å². The van der Waals surface area contributed by atoms with E-state index in [-0.39, 0.29) is 0 Å². The summed E-state index contributed by atoms with van der Waals surface area (Å²) in [4.78, 5) is 2.29. The van der Waals surface area contributed by atoms with Crippen molar-refractivity contribution < 1.29 is 4.42 Å². The van der Waals surface area contributed by atoms with Gasteiger partial charge in [-0.25, -0.2) is 0 Å². The smallest absolute Gasteiger partial charge is 0.136 e. The van der Waals surface area contributed by atoms with Crippen LogP contribution in [0.25, 0.3) is 32.7 Å². The predicted octanol–water partition coefficient (Wildman–Crippen LogP) is 8.52. The molecule has 0 saturated heterocycles. The van der Waals surface area contributed by atoms with Crippen LogP contribution in [0, 0.1) is 6.92 Å². The Labute approximate surface area is 181 Å². The number of aryl methyl sites for hydroxylation is 1. The summed E-state index contributed by atoms with van der Waals surface area (Å²) in [5, 5.41) is 4.75. The van der Waals surface area contributed by atoms with Gasteiger partial charge in [0.25, 0.3) is 0 Å². The third-order valence-electron chi connectivity index (χ3n) is 5.91. The largest absolute Gasteiger partial charge is 0.456 e. The van der Waals surface area contributed by atoms with Crippen LogP contribution in [0.1, 0.15) is 5.56 Å². The lowest BCUT2D eigenvalue weighted by atomic mass is 10.0. The van der Waals surface area contributed by atoms with Gasteiger partial charge in [-0.05, 0) is 66.2 Å². The van der Waals surface area contributed by atoms with Gasteiger partial charge in [0.2, 0.25) is 0 Å². The van der Waals surface area contributed by atoms with Gasteiger partial charge in [0.1, 0.15) is 11.2 Å². The maximum absolute atomic E-state index is 6.20. The molecule has 0 radical (unpaired) electrons. The molecule has 0 amide bonds. The van der Waals surface area contributed by atoms with Crippen molar-refractivity contribution in [3.63, 3.8) is 0 Å². The minimum absolute atomic E-state index is 0.909. The first-order valence-corrected chi connectivity index (χ1v) is 10.5. The first kappa shape index (κ1) is 17.8. The fourth-order valence-corrected chi connectivity index (χ4v) is 4.39. The summed E-state index contributed by atoms with van der Waals surface area (Å²) in [6, 6.07) is 38.3. The van der Waals surface area contributed by atoms with E-state index in [9.17, 15) is 0 Å². The molecule has 148 valence electrons. The van der Waals surface area contributed by atoms with E-state index in [1.807, 2.05) is 0 Å². The normalized spacial score (nSPS) is 11.4. The highest BCUT2D eigenvalue weighted by molar-refractivity contribution is 6.19. The SMILES string of the molecule is Cc1ccc(N(c2ccccc2)c2ccc3oc4ccc5ccccc5c4c3c2)cc1. The van der Waals surface area contributed by atoms with E-state index in [1.54, 1.807) is 0 Å². The lowest BCUT2D eigenvalue weighted by Gasteiger charge is -2.25. The summed E-state index contributed by atoms with van der Waals surface area (Å²) in [7, 11) is 0. The molecule has 0 atom stereocenters. The predicted molar refractivity (Wildman–Crippen MR) is 131 cm³/mol. The standard InChI is InChI=1S/C29H21NO/c1-20-11-14-23(15-12-20)30(22-8-3-2-4-9-22)24-16-18-27-26(19-24)29-25-10-6-5-7-21(25)13-17-28(29)31-27/h2-19H,1H3. The summed E-state index contributed by atoms with van der Waals surface area (Å²) in [5.74, 6) is 0. The summed E-state index contributed by atoms with van der Waals surface area (Å²) >= 11 is 0. The van der Waals surface area contributed by atoms with Gasteiger partial charge in [-0.3, -0.25) is 0 Å². The van der Waals surface area contributed by atoms with Crippen LogP contribution in [-0.4, -0.2) is 0 Å². The Balaban J connectivity index is 1.63. The van der Waals surface area contributed by atoms with Crippen LogP contribution < -0.4 is 4.90 Å². The van der Waals surface area contributed by atoms with Crippen molar-refractivity contribution in [2.24, 2.45) is 0 Å². The molecular weight excluding hydrogens is 378 g/mol. The van der Waals surface area contributed by atoms with Crippen LogP contribution in [0.3, 0.4) is 0 Å². The summed E-state index contributed by atoms with van der Waals surface area (Å²) in [6.45, 7) is 2.12. The van der Waals surface area contributed by atoms with Crippen LogP contribution >= 0.6 is 0 Å². The molecule has 6 rings (SSSR count). The van der Waals surface area contributed by atoms with Gasteiger partial charge in [-0.2, -0.15) is 0 Å². The van der Waals surface area contributed by atoms with Crippen LogP contribution in [0.2, 0.25) is 0 Å². The summed E-state index contributed by atoms with van der Waals surface area (Å²) in [5.41, 5.74) is 6.45. The van der Waals surface area contributed by atoms with Crippen molar-refractivity contribution >= 4 is 49.8 Å². The van der Waals surface area contributed by atoms with Gasteiger partial charge in [-0.15, -0.1) is 0 Å². The first-order valence-electron chi connectivity index (χ1n) is 10.5. The van der Waals surface area contributed by atoms with E-state index in [0.717, 1.165) is 33.6 Å². The Hall–Kier alpha value is -4.04. The van der Waals surface area contributed by atoms with Crippen molar-refractivity contribution in [3.05, 3.63) is 115 Å². The molecule has 0 fully saturated rings. The number of furan rings is 1. The Morgan fingerprint density at radius 3 is 2.06 bits per heavy atom. The van der Waals surface area contributed by atoms with Crippen molar-refractivity contribution in [1.82, 2.24) is 0 Å². The molecule has 5 aromatic carbocycles. The highest BCUT2D eigenvalue weighted by atomic mass is 16.3. The van der Waals surface area contributed by atoms with E-state index < -0.39 is 0 Å². The zero-order chi connectivity index (χ0) is 20.8. The highest BCUT2D eigenvalue weighted by Gasteiger charge is 2.16. The van der Waals surface area contributed by atoms with Gasteiger partial charge >= 0.3 is 0 Å². The van der Waals surface area contributed by atoms with Crippen molar-refractivity contribution in [1.29, 1.82) is 0 Å².